The summed E-state index contributed by atoms with van der Waals surface area (Å²) in [4.78, 5) is 14.0. The first-order valence-corrected chi connectivity index (χ1v) is 7.78. The van der Waals surface area contributed by atoms with Crippen LogP contribution in [0.15, 0.2) is 54.6 Å². The number of carbonyl (C=O) groups is 1. The number of alkyl halides is 1. The molecule has 2 aromatic carbocycles. The molecular weight excluding hydrogens is 282 g/mol. The van der Waals surface area contributed by atoms with E-state index in [1.165, 1.54) is 11.1 Å². The molecule has 0 aliphatic rings. The Morgan fingerprint density at radius 2 is 1.71 bits per heavy atom. The summed E-state index contributed by atoms with van der Waals surface area (Å²) in [6.45, 7) is 2.74. The summed E-state index contributed by atoms with van der Waals surface area (Å²) in [6, 6.07) is 18.2. The van der Waals surface area contributed by atoms with Crippen LogP contribution in [-0.2, 0) is 17.6 Å². The number of rotatable bonds is 6. The zero-order valence-corrected chi connectivity index (χ0v) is 13.0. The molecule has 0 aromatic heterocycles. The van der Waals surface area contributed by atoms with Crippen molar-refractivity contribution in [1.29, 1.82) is 0 Å². The molecular formula is C18H20ClNO. The summed E-state index contributed by atoms with van der Waals surface area (Å²) in [5.41, 5.74) is 3.37. The third kappa shape index (κ3) is 4.08. The second-order valence-electron chi connectivity index (χ2n) is 4.90. The van der Waals surface area contributed by atoms with E-state index in [4.69, 9.17) is 11.6 Å². The maximum atomic E-state index is 12.2. The predicted octanol–water partition coefficient (Wildman–Crippen LogP) is 4.06. The van der Waals surface area contributed by atoms with Crippen LogP contribution in [0.3, 0.4) is 0 Å². The van der Waals surface area contributed by atoms with E-state index in [1.807, 2.05) is 36.4 Å². The average Bonchev–Trinajstić information content (AvgIpc) is 2.56. The zero-order valence-electron chi connectivity index (χ0n) is 12.3. The van der Waals surface area contributed by atoms with Crippen molar-refractivity contribution in [3.8, 4) is 0 Å². The van der Waals surface area contributed by atoms with Crippen LogP contribution in [0, 0.1) is 0 Å². The highest BCUT2D eigenvalue weighted by Gasteiger charge is 2.16. The molecule has 2 nitrogen and oxygen atoms in total. The van der Waals surface area contributed by atoms with E-state index in [0.717, 1.165) is 18.5 Å². The van der Waals surface area contributed by atoms with Crippen LogP contribution in [-0.4, -0.2) is 18.3 Å². The van der Waals surface area contributed by atoms with Gasteiger partial charge >= 0.3 is 0 Å². The Labute approximate surface area is 131 Å². The quantitative estimate of drug-likeness (QED) is 0.737. The minimum atomic E-state index is -0.0477. The lowest BCUT2D eigenvalue weighted by Crippen LogP contribution is -2.34. The Kier molecular flexibility index (Phi) is 5.82. The van der Waals surface area contributed by atoms with E-state index in [2.05, 4.69) is 25.1 Å². The summed E-state index contributed by atoms with van der Waals surface area (Å²) in [5, 5.41) is 0. The van der Waals surface area contributed by atoms with E-state index < -0.39 is 0 Å². The number of nitrogens with zero attached hydrogens (tertiary/aromatic N) is 1. The van der Waals surface area contributed by atoms with Gasteiger partial charge in [0.2, 0.25) is 5.91 Å². The number of amides is 1. The number of carbonyl (C=O) groups excluding carboxylic acids is 1. The van der Waals surface area contributed by atoms with Gasteiger partial charge in [0.15, 0.2) is 0 Å². The number of halogens is 1. The van der Waals surface area contributed by atoms with Gasteiger partial charge in [-0.15, -0.1) is 11.6 Å². The van der Waals surface area contributed by atoms with Crippen molar-refractivity contribution >= 4 is 23.2 Å². The molecule has 0 radical (unpaired) electrons. The second kappa shape index (κ2) is 7.84. The van der Waals surface area contributed by atoms with Crippen LogP contribution in [0.25, 0.3) is 0 Å². The molecule has 1 amide bonds. The maximum Gasteiger partial charge on any atom is 0.241 e. The van der Waals surface area contributed by atoms with E-state index in [1.54, 1.807) is 4.90 Å². The molecule has 0 unspecified atom stereocenters. The normalized spacial score (nSPS) is 10.4. The highest BCUT2D eigenvalue weighted by Crippen LogP contribution is 2.22. The molecule has 2 aromatic rings. The fraction of sp³-hybridized carbons (Fsp3) is 0.278. The molecule has 110 valence electrons. The van der Waals surface area contributed by atoms with E-state index >= 15 is 0 Å². The lowest BCUT2D eigenvalue weighted by atomic mass is 10.1. The molecule has 3 heteroatoms. The number of hydrogen-bond acceptors (Lipinski definition) is 1. The lowest BCUT2D eigenvalue weighted by molar-refractivity contribution is -0.116. The SMILES string of the molecule is CCc1ccccc1N(CCc1ccccc1)C(=O)CCl. The molecule has 0 heterocycles. The molecule has 0 spiro atoms. The summed E-state index contributed by atoms with van der Waals surface area (Å²) in [7, 11) is 0. The highest BCUT2D eigenvalue weighted by molar-refractivity contribution is 6.29. The van der Waals surface area contributed by atoms with Crippen molar-refractivity contribution in [3.05, 3.63) is 65.7 Å². The predicted molar refractivity (Wildman–Crippen MR) is 89.0 cm³/mol. The van der Waals surface area contributed by atoms with Gasteiger partial charge in [0.1, 0.15) is 5.88 Å². The van der Waals surface area contributed by atoms with Crippen LogP contribution in [0.2, 0.25) is 0 Å². The van der Waals surface area contributed by atoms with E-state index in [0.29, 0.717) is 6.54 Å². The van der Waals surface area contributed by atoms with Gasteiger partial charge in [-0.2, -0.15) is 0 Å². The van der Waals surface area contributed by atoms with Crippen molar-refractivity contribution in [3.63, 3.8) is 0 Å². The summed E-state index contributed by atoms with van der Waals surface area (Å²) >= 11 is 5.78. The van der Waals surface area contributed by atoms with Crippen molar-refractivity contribution in [2.45, 2.75) is 19.8 Å². The molecule has 0 saturated carbocycles. The van der Waals surface area contributed by atoms with Gasteiger partial charge in [0.25, 0.3) is 0 Å². The average molecular weight is 302 g/mol. The third-order valence-electron chi connectivity index (χ3n) is 3.55. The molecule has 21 heavy (non-hydrogen) atoms. The van der Waals surface area contributed by atoms with Crippen LogP contribution >= 0.6 is 11.6 Å². The molecule has 0 fully saturated rings. The number of anilines is 1. The van der Waals surface area contributed by atoms with Gasteiger partial charge in [-0.3, -0.25) is 4.79 Å². The minimum Gasteiger partial charge on any atom is -0.311 e. The van der Waals surface area contributed by atoms with Gasteiger partial charge in [0.05, 0.1) is 0 Å². The monoisotopic (exact) mass is 301 g/mol. The van der Waals surface area contributed by atoms with Crippen LogP contribution < -0.4 is 4.90 Å². The van der Waals surface area contributed by atoms with Gasteiger partial charge in [0, 0.05) is 12.2 Å². The van der Waals surface area contributed by atoms with Crippen LogP contribution in [0.4, 0.5) is 5.69 Å². The van der Waals surface area contributed by atoms with Crippen LogP contribution in [0.5, 0.6) is 0 Å². The number of aryl methyl sites for hydroxylation is 1. The molecule has 0 bridgehead atoms. The first kappa shape index (κ1) is 15.6. The Bertz CT molecular complexity index is 583. The lowest BCUT2D eigenvalue weighted by Gasteiger charge is -2.24. The number of para-hydroxylation sites is 1. The number of benzene rings is 2. The van der Waals surface area contributed by atoms with Crippen molar-refractivity contribution in [2.24, 2.45) is 0 Å². The summed E-state index contributed by atoms with van der Waals surface area (Å²) in [6.07, 6.45) is 1.72. The van der Waals surface area contributed by atoms with Crippen LogP contribution in [0.1, 0.15) is 18.1 Å². The summed E-state index contributed by atoms with van der Waals surface area (Å²) < 4.78 is 0. The fourth-order valence-corrected chi connectivity index (χ4v) is 2.55. The van der Waals surface area contributed by atoms with Gasteiger partial charge in [-0.1, -0.05) is 55.5 Å². The van der Waals surface area contributed by atoms with Gasteiger partial charge in [-0.05, 0) is 30.0 Å². The first-order chi connectivity index (χ1) is 10.3. The Hall–Kier alpha value is -1.80. The number of hydrogen-bond donors (Lipinski definition) is 0. The highest BCUT2D eigenvalue weighted by atomic mass is 35.5. The van der Waals surface area contributed by atoms with E-state index in [9.17, 15) is 4.79 Å². The summed E-state index contributed by atoms with van der Waals surface area (Å²) in [5.74, 6) is -0.0409. The molecule has 0 aliphatic heterocycles. The third-order valence-corrected chi connectivity index (χ3v) is 3.77. The first-order valence-electron chi connectivity index (χ1n) is 7.24. The maximum absolute atomic E-state index is 12.2. The molecule has 0 aliphatic carbocycles. The standard InChI is InChI=1S/C18H20ClNO/c1-2-16-10-6-7-11-17(16)20(18(21)14-19)13-12-15-8-4-3-5-9-15/h3-11H,2,12-14H2,1H3. The Morgan fingerprint density at radius 3 is 2.38 bits per heavy atom. The Balaban J connectivity index is 2.20. The molecule has 0 atom stereocenters. The smallest absolute Gasteiger partial charge is 0.241 e. The minimum absolute atomic E-state index is 0.00678. The largest absolute Gasteiger partial charge is 0.311 e. The second-order valence-corrected chi connectivity index (χ2v) is 5.16. The topological polar surface area (TPSA) is 20.3 Å². The van der Waals surface area contributed by atoms with Crippen molar-refractivity contribution in [1.82, 2.24) is 0 Å². The van der Waals surface area contributed by atoms with Gasteiger partial charge in [-0.25, -0.2) is 0 Å². The molecule has 2 rings (SSSR count). The Morgan fingerprint density at radius 1 is 1.05 bits per heavy atom. The van der Waals surface area contributed by atoms with Gasteiger partial charge < -0.3 is 4.90 Å². The molecule has 0 N–H and O–H groups in total. The van der Waals surface area contributed by atoms with Crippen molar-refractivity contribution < 1.29 is 4.79 Å². The fourth-order valence-electron chi connectivity index (χ4n) is 2.41. The van der Waals surface area contributed by atoms with Crippen molar-refractivity contribution in [2.75, 3.05) is 17.3 Å². The molecule has 0 saturated heterocycles. The van der Waals surface area contributed by atoms with E-state index in [-0.39, 0.29) is 11.8 Å². The zero-order chi connectivity index (χ0) is 15.1.